The number of nitrogens with zero attached hydrogens (tertiary/aromatic N) is 1. The third-order valence-electron chi connectivity index (χ3n) is 3.77. The van der Waals surface area contributed by atoms with E-state index in [0.717, 1.165) is 45.1 Å². The van der Waals surface area contributed by atoms with Gasteiger partial charge in [-0.1, -0.05) is 30.7 Å². The lowest BCUT2D eigenvalue weighted by atomic mass is 10.1. The molecule has 1 aliphatic rings. The van der Waals surface area contributed by atoms with Gasteiger partial charge >= 0.3 is 0 Å². The Morgan fingerprint density at radius 1 is 1.24 bits per heavy atom. The maximum Gasteiger partial charge on any atom is 0.119 e. The van der Waals surface area contributed by atoms with Crippen LogP contribution in [-0.2, 0) is 6.54 Å². The molecular weight excluding hydrogens is 260 g/mol. The van der Waals surface area contributed by atoms with E-state index in [4.69, 9.17) is 4.74 Å². The Hall–Kier alpha value is -1.32. The summed E-state index contributed by atoms with van der Waals surface area (Å²) in [6.45, 7) is 10.4. The fourth-order valence-electron chi connectivity index (χ4n) is 2.59. The zero-order valence-electron chi connectivity index (χ0n) is 13.4. The van der Waals surface area contributed by atoms with Gasteiger partial charge in [0.1, 0.15) is 12.4 Å². The lowest BCUT2D eigenvalue weighted by Gasteiger charge is -2.25. The van der Waals surface area contributed by atoms with Crippen LogP contribution in [0.25, 0.3) is 0 Å². The first-order valence-corrected chi connectivity index (χ1v) is 8.08. The van der Waals surface area contributed by atoms with Gasteiger partial charge in [0.15, 0.2) is 0 Å². The van der Waals surface area contributed by atoms with E-state index in [2.05, 4.69) is 54.4 Å². The van der Waals surface area contributed by atoms with Gasteiger partial charge in [0.25, 0.3) is 0 Å². The molecule has 1 aromatic rings. The summed E-state index contributed by atoms with van der Waals surface area (Å²) < 4.78 is 5.84. The first-order valence-electron chi connectivity index (χ1n) is 8.08. The van der Waals surface area contributed by atoms with Crippen molar-refractivity contribution in [3.63, 3.8) is 0 Å². The van der Waals surface area contributed by atoms with Gasteiger partial charge in [0.2, 0.25) is 0 Å². The number of nitrogens with one attached hydrogen (secondary N) is 1. The van der Waals surface area contributed by atoms with Gasteiger partial charge in [-0.25, -0.2) is 0 Å². The summed E-state index contributed by atoms with van der Waals surface area (Å²) in [4.78, 5) is 2.46. The molecule has 0 fully saturated rings. The van der Waals surface area contributed by atoms with Crippen LogP contribution in [0.3, 0.4) is 0 Å². The van der Waals surface area contributed by atoms with E-state index >= 15 is 0 Å². The molecule has 0 unspecified atom stereocenters. The second kappa shape index (κ2) is 8.85. The first kappa shape index (κ1) is 16.1. The molecule has 3 heteroatoms. The van der Waals surface area contributed by atoms with Crippen molar-refractivity contribution < 1.29 is 4.74 Å². The summed E-state index contributed by atoms with van der Waals surface area (Å²) in [6, 6.07) is 8.44. The van der Waals surface area contributed by atoms with Crippen molar-refractivity contribution in [3.05, 3.63) is 41.5 Å². The third-order valence-corrected chi connectivity index (χ3v) is 3.77. The molecule has 0 spiro atoms. The average Bonchev–Trinajstić information content (AvgIpc) is 2.49. The van der Waals surface area contributed by atoms with Crippen molar-refractivity contribution in [1.29, 1.82) is 0 Å². The Bertz CT molecular complexity index is 439. The molecule has 1 heterocycles. The smallest absolute Gasteiger partial charge is 0.119 e. The van der Waals surface area contributed by atoms with Gasteiger partial charge in [0, 0.05) is 26.2 Å². The largest absolute Gasteiger partial charge is 0.492 e. The number of rotatable bonds is 8. The fourth-order valence-corrected chi connectivity index (χ4v) is 2.59. The number of benzene rings is 1. The summed E-state index contributed by atoms with van der Waals surface area (Å²) in [7, 11) is 0. The molecule has 0 aromatic heterocycles. The maximum atomic E-state index is 5.84. The SMILES string of the molecule is CCCNCc1ccc(OCCN2CCC=C(C)C2)cc1. The van der Waals surface area contributed by atoms with E-state index in [-0.39, 0.29) is 0 Å². The van der Waals surface area contributed by atoms with Crippen LogP contribution in [0.15, 0.2) is 35.9 Å². The summed E-state index contributed by atoms with van der Waals surface area (Å²) in [6.07, 6.45) is 4.68. The second-order valence-corrected chi connectivity index (χ2v) is 5.78. The molecule has 3 nitrogen and oxygen atoms in total. The lowest BCUT2D eigenvalue weighted by molar-refractivity contribution is 0.217. The van der Waals surface area contributed by atoms with E-state index in [1.807, 2.05) is 0 Å². The molecule has 0 aliphatic carbocycles. The van der Waals surface area contributed by atoms with Crippen LogP contribution in [0, 0.1) is 0 Å². The third kappa shape index (κ3) is 5.90. The molecule has 0 atom stereocenters. The molecular formula is C18H28N2O. The summed E-state index contributed by atoms with van der Waals surface area (Å²) in [5.41, 5.74) is 2.79. The highest BCUT2D eigenvalue weighted by Gasteiger charge is 2.09. The maximum absolute atomic E-state index is 5.84. The molecule has 1 aromatic carbocycles. The highest BCUT2D eigenvalue weighted by molar-refractivity contribution is 5.27. The van der Waals surface area contributed by atoms with Gasteiger partial charge in [-0.3, -0.25) is 4.90 Å². The van der Waals surface area contributed by atoms with Crippen LogP contribution in [0.5, 0.6) is 5.75 Å². The van der Waals surface area contributed by atoms with Crippen LogP contribution < -0.4 is 10.1 Å². The molecule has 0 radical (unpaired) electrons. The van der Waals surface area contributed by atoms with Crippen LogP contribution in [0.2, 0.25) is 0 Å². The number of hydrogen-bond donors (Lipinski definition) is 1. The van der Waals surface area contributed by atoms with Gasteiger partial charge in [-0.15, -0.1) is 0 Å². The Morgan fingerprint density at radius 2 is 2.05 bits per heavy atom. The highest BCUT2D eigenvalue weighted by atomic mass is 16.5. The average molecular weight is 288 g/mol. The molecule has 116 valence electrons. The second-order valence-electron chi connectivity index (χ2n) is 5.78. The van der Waals surface area contributed by atoms with Gasteiger partial charge in [0.05, 0.1) is 0 Å². The molecule has 1 aliphatic heterocycles. The van der Waals surface area contributed by atoms with Crippen molar-refractivity contribution in [3.8, 4) is 5.75 Å². The Kier molecular flexibility index (Phi) is 6.77. The van der Waals surface area contributed by atoms with Gasteiger partial charge < -0.3 is 10.1 Å². The first-order chi connectivity index (χ1) is 10.3. The molecule has 21 heavy (non-hydrogen) atoms. The Labute approximate surface area is 129 Å². The standard InChI is InChI=1S/C18H28N2O/c1-3-10-19-14-17-6-8-18(9-7-17)21-13-12-20-11-4-5-16(2)15-20/h5-9,19H,3-4,10-15H2,1-2H3. The molecule has 0 saturated carbocycles. The van der Waals surface area contributed by atoms with Gasteiger partial charge in [-0.2, -0.15) is 0 Å². The van der Waals surface area contributed by atoms with Crippen molar-refractivity contribution in [2.45, 2.75) is 33.2 Å². The van der Waals surface area contributed by atoms with Crippen molar-refractivity contribution >= 4 is 0 Å². The molecule has 1 N–H and O–H groups in total. The topological polar surface area (TPSA) is 24.5 Å². The van der Waals surface area contributed by atoms with Gasteiger partial charge in [-0.05, 0) is 44.0 Å². The van der Waals surface area contributed by atoms with Crippen molar-refractivity contribution in [1.82, 2.24) is 10.2 Å². The Morgan fingerprint density at radius 3 is 2.76 bits per heavy atom. The summed E-state index contributed by atoms with van der Waals surface area (Å²) in [5, 5.41) is 3.41. The van der Waals surface area contributed by atoms with Crippen molar-refractivity contribution in [2.24, 2.45) is 0 Å². The monoisotopic (exact) mass is 288 g/mol. The summed E-state index contributed by atoms with van der Waals surface area (Å²) >= 11 is 0. The lowest BCUT2D eigenvalue weighted by Crippen LogP contribution is -2.33. The fraction of sp³-hybridized carbons (Fsp3) is 0.556. The zero-order valence-corrected chi connectivity index (χ0v) is 13.4. The quantitative estimate of drug-likeness (QED) is 0.587. The normalized spacial score (nSPS) is 15.8. The van der Waals surface area contributed by atoms with E-state index < -0.39 is 0 Å². The van der Waals surface area contributed by atoms with E-state index in [1.165, 1.54) is 24.0 Å². The number of ether oxygens (including phenoxy) is 1. The van der Waals surface area contributed by atoms with Crippen LogP contribution in [-0.4, -0.2) is 37.7 Å². The minimum absolute atomic E-state index is 0.765. The minimum atomic E-state index is 0.765. The summed E-state index contributed by atoms with van der Waals surface area (Å²) in [5.74, 6) is 0.971. The zero-order chi connectivity index (χ0) is 14.9. The minimum Gasteiger partial charge on any atom is -0.492 e. The predicted molar refractivity (Wildman–Crippen MR) is 88.7 cm³/mol. The van der Waals surface area contributed by atoms with Crippen LogP contribution in [0.1, 0.15) is 32.3 Å². The van der Waals surface area contributed by atoms with Crippen LogP contribution in [0.4, 0.5) is 0 Å². The predicted octanol–water partition coefficient (Wildman–Crippen LogP) is 3.22. The van der Waals surface area contributed by atoms with E-state index in [9.17, 15) is 0 Å². The highest BCUT2D eigenvalue weighted by Crippen LogP contribution is 2.13. The van der Waals surface area contributed by atoms with Crippen LogP contribution >= 0.6 is 0 Å². The Balaban J connectivity index is 1.67. The molecule has 0 amide bonds. The van der Waals surface area contributed by atoms with E-state index in [0.29, 0.717) is 0 Å². The molecule has 2 rings (SSSR count). The van der Waals surface area contributed by atoms with Crippen molar-refractivity contribution in [2.75, 3.05) is 32.8 Å². The molecule has 0 bridgehead atoms. The molecule has 0 saturated heterocycles. The van der Waals surface area contributed by atoms with E-state index in [1.54, 1.807) is 0 Å². The number of hydrogen-bond acceptors (Lipinski definition) is 3.